The number of rotatable bonds is 10. The Labute approximate surface area is 118 Å². The van der Waals surface area contributed by atoms with Crippen LogP contribution in [0.3, 0.4) is 0 Å². The highest BCUT2D eigenvalue weighted by atomic mass is 16.2. The molecular weight excluding hydrogens is 234 g/mol. The van der Waals surface area contributed by atoms with E-state index in [1.165, 1.54) is 0 Å². The normalized spacial score (nSPS) is 15.5. The second-order valence-corrected chi connectivity index (χ2v) is 5.34. The van der Waals surface area contributed by atoms with Crippen molar-refractivity contribution >= 4 is 5.91 Å². The Hall–Kier alpha value is -1.05. The monoisotopic (exact) mass is 263 g/mol. The molecule has 0 aromatic heterocycles. The second-order valence-electron chi connectivity index (χ2n) is 5.34. The van der Waals surface area contributed by atoms with Crippen LogP contribution >= 0.6 is 0 Å². The zero-order valence-corrected chi connectivity index (χ0v) is 12.6. The number of unbranched alkanes of at least 4 members (excludes halogenated alkanes) is 2. The molecule has 1 aliphatic carbocycles. The molecule has 1 saturated carbocycles. The summed E-state index contributed by atoms with van der Waals surface area (Å²) in [4.78, 5) is 14.1. The molecule has 19 heavy (non-hydrogen) atoms. The molecule has 0 bridgehead atoms. The van der Waals surface area contributed by atoms with Crippen molar-refractivity contribution in [2.75, 3.05) is 13.1 Å². The van der Waals surface area contributed by atoms with E-state index >= 15 is 0 Å². The van der Waals surface area contributed by atoms with E-state index in [2.05, 4.69) is 38.2 Å². The van der Waals surface area contributed by atoms with Crippen molar-refractivity contribution in [2.24, 2.45) is 5.92 Å². The van der Waals surface area contributed by atoms with Crippen molar-refractivity contribution in [3.05, 3.63) is 24.3 Å². The minimum atomic E-state index is 0.345. The van der Waals surface area contributed by atoms with Crippen LogP contribution in [0.5, 0.6) is 0 Å². The Balaban J connectivity index is 2.24. The van der Waals surface area contributed by atoms with Gasteiger partial charge in [0.2, 0.25) is 5.91 Å². The summed E-state index contributed by atoms with van der Waals surface area (Å²) in [6.07, 6.45) is 16.6. The predicted molar refractivity (Wildman–Crippen MR) is 82.0 cm³/mol. The van der Waals surface area contributed by atoms with Gasteiger partial charge in [-0.2, -0.15) is 0 Å². The summed E-state index contributed by atoms with van der Waals surface area (Å²) in [5.74, 6) is 0.724. The average molecular weight is 263 g/mol. The van der Waals surface area contributed by atoms with Gasteiger partial charge in [0, 0.05) is 19.0 Å². The third kappa shape index (κ3) is 7.19. The maximum Gasteiger partial charge on any atom is 0.225 e. The highest BCUT2D eigenvalue weighted by molar-refractivity contribution is 5.81. The smallest absolute Gasteiger partial charge is 0.225 e. The van der Waals surface area contributed by atoms with Crippen LogP contribution in [0.25, 0.3) is 0 Å². The highest BCUT2D eigenvalue weighted by Crippen LogP contribution is 2.31. The first-order chi connectivity index (χ1) is 9.29. The largest absolute Gasteiger partial charge is 0.339 e. The molecule has 0 radical (unpaired) electrons. The van der Waals surface area contributed by atoms with Gasteiger partial charge in [-0.25, -0.2) is 0 Å². The van der Waals surface area contributed by atoms with Crippen LogP contribution < -0.4 is 0 Å². The van der Waals surface area contributed by atoms with Crippen LogP contribution in [0.2, 0.25) is 0 Å². The van der Waals surface area contributed by atoms with Gasteiger partial charge < -0.3 is 4.90 Å². The predicted octanol–water partition coefficient (Wildman–Crippen LogP) is 4.33. The second kappa shape index (κ2) is 9.82. The number of carbonyl (C=O) groups excluding carboxylic acids is 1. The van der Waals surface area contributed by atoms with Crippen molar-refractivity contribution in [2.45, 2.75) is 58.8 Å². The molecule has 0 N–H and O–H groups in total. The first-order valence-electron chi connectivity index (χ1n) is 7.88. The Morgan fingerprint density at radius 2 is 1.79 bits per heavy atom. The van der Waals surface area contributed by atoms with Crippen molar-refractivity contribution in [3.63, 3.8) is 0 Å². The van der Waals surface area contributed by atoms with Crippen molar-refractivity contribution < 1.29 is 4.79 Å². The summed E-state index contributed by atoms with van der Waals surface area (Å²) in [6.45, 7) is 6.05. The number of nitrogens with zero attached hydrogens (tertiary/aromatic N) is 1. The van der Waals surface area contributed by atoms with Crippen LogP contribution in [0.1, 0.15) is 58.8 Å². The molecule has 2 nitrogen and oxygen atoms in total. The van der Waals surface area contributed by atoms with Crippen molar-refractivity contribution in [3.8, 4) is 0 Å². The first-order valence-corrected chi connectivity index (χ1v) is 7.88. The van der Waals surface area contributed by atoms with Crippen LogP contribution in [0, 0.1) is 5.92 Å². The Bertz CT molecular complexity index is 302. The van der Waals surface area contributed by atoms with E-state index in [1.54, 1.807) is 0 Å². The van der Waals surface area contributed by atoms with E-state index in [-0.39, 0.29) is 0 Å². The number of hydrogen-bond acceptors (Lipinski definition) is 1. The lowest BCUT2D eigenvalue weighted by Gasteiger charge is -2.20. The lowest BCUT2D eigenvalue weighted by molar-refractivity contribution is -0.132. The standard InChI is InChI=1S/C17H29NO/c1-3-5-7-8-9-10-11-15-18(14-6-4-2)17(19)16-12-13-16/h5,7,10-11,16H,3-4,6,8-9,12-15H2,1-2H3. The molecular formula is C17H29NO. The van der Waals surface area contributed by atoms with E-state index in [1.807, 2.05) is 4.90 Å². The van der Waals surface area contributed by atoms with Crippen LogP contribution in [-0.2, 0) is 4.79 Å². The number of amides is 1. The summed E-state index contributed by atoms with van der Waals surface area (Å²) in [5, 5.41) is 0. The minimum absolute atomic E-state index is 0.345. The van der Waals surface area contributed by atoms with Gasteiger partial charge in [0.15, 0.2) is 0 Å². The maximum absolute atomic E-state index is 12.1. The molecule has 1 fully saturated rings. The summed E-state index contributed by atoms with van der Waals surface area (Å²) in [6, 6.07) is 0. The quantitative estimate of drug-likeness (QED) is 0.424. The van der Waals surface area contributed by atoms with E-state index in [9.17, 15) is 4.79 Å². The van der Waals surface area contributed by atoms with Gasteiger partial charge in [-0.3, -0.25) is 4.79 Å². The lowest BCUT2D eigenvalue weighted by Crippen LogP contribution is -2.33. The van der Waals surface area contributed by atoms with E-state index in [4.69, 9.17) is 0 Å². The summed E-state index contributed by atoms with van der Waals surface area (Å²) in [5.41, 5.74) is 0. The third-order valence-electron chi connectivity index (χ3n) is 3.41. The molecule has 0 spiro atoms. The van der Waals surface area contributed by atoms with E-state index in [0.29, 0.717) is 11.8 Å². The van der Waals surface area contributed by atoms with Gasteiger partial charge in [0.25, 0.3) is 0 Å². The van der Waals surface area contributed by atoms with Gasteiger partial charge >= 0.3 is 0 Å². The molecule has 2 heteroatoms. The van der Waals surface area contributed by atoms with Crippen molar-refractivity contribution in [1.29, 1.82) is 0 Å². The Morgan fingerprint density at radius 3 is 2.37 bits per heavy atom. The highest BCUT2D eigenvalue weighted by Gasteiger charge is 2.32. The molecule has 1 aliphatic rings. The molecule has 108 valence electrons. The number of allylic oxidation sites excluding steroid dienone is 3. The molecule has 0 aromatic carbocycles. The fraction of sp³-hybridized carbons (Fsp3) is 0.706. The fourth-order valence-electron chi connectivity index (χ4n) is 2.03. The molecule has 0 heterocycles. The van der Waals surface area contributed by atoms with Gasteiger partial charge in [-0.05, 0) is 38.5 Å². The maximum atomic E-state index is 12.1. The van der Waals surface area contributed by atoms with Crippen LogP contribution in [-0.4, -0.2) is 23.9 Å². The lowest BCUT2D eigenvalue weighted by atomic mass is 10.2. The first kappa shape index (κ1) is 16.0. The Kier molecular flexibility index (Phi) is 8.28. The van der Waals surface area contributed by atoms with Crippen LogP contribution in [0.4, 0.5) is 0 Å². The van der Waals surface area contributed by atoms with E-state index in [0.717, 1.165) is 58.0 Å². The zero-order valence-electron chi connectivity index (χ0n) is 12.6. The van der Waals surface area contributed by atoms with Gasteiger partial charge in [0.05, 0.1) is 0 Å². The summed E-state index contributed by atoms with van der Waals surface area (Å²) >= 11 is 0. The third-order valence-corrected chi connectivity index (χ3v) is 3.41. The van der Waals surface area contributed by atoms with Gasteiger partial charge in [-0.15, -0.1) is 0 Å². The van der Waals surface area contributed by atoms with Gasteiger partial charge in [0.1, 0.15) is 0 Å². The zero-order chi connectivity index (χ0) is 13.9. The van der Waals surface area contributed by atoms with E-state index < -0.39 is 0 Å². The molecule has 0 unspecified atom stereocenters. The Morgan fingerprint density at radius 1 is 1.11 bits per heavy atom. The SMILES string of the molecule is CCC=CCCC=CCN(CCCC)C(=O)C1CC1. The number of carbonyl (C=O) groups is 1. The molecule has 1 rings (SSSR count). The van der Waals surface area contributed by atoms with Crippen LogP contribution in [0.15, 0.2) is 24.3 Å². The molecule has 0 aromatic rings. The fourth-order valence-corrected chi connectivity index (χ4v) is 2.03. The average Bonchev–Trinajstić information content (AvgIpc) is 3.25. The van der Waals surface area contributed by atoms with Gasteiger partial charge in [-0.1, -0.05) is 44.6 Å². The molecule has 0 saturated heterocycles. The molecule has 0 aliphatic heterocycles. The molecule has 0 atom stereocenters. The minimum Gasteiger partial charge on any atom is -0.339 e. The summed E-state index contributed by atoms with van der Waals surface area (Å²) in [7, 11) is 0. The summed E-state index contributed by atoms with van der Waals surface area (Å²) < 4.78 is 0. The number of hydrogen-bond donors (Lipinski definition) is 0. The topological polar surface area (TPSA) is 20.3 Å². The van der Waals surface area contributed by atoms with Crippen molar-refractivity contribution in [1.82, 2.24) is 4.90 Å². The molecule has 1 amide bonds.